The van der Waals surface area contributed by atoms with Crippen LogP contribution in [0, 0.1) is 0 Å². The van der Waals surface area contributed by atoms with E-state index in [2.05, 4.69) is 4.74 Å². The number of ether oxygens (including phenoxy) is 1. The average Bonchev–Trinajstić information content (AvgIpc) is 2.20. The molecule has 0 N–H and O–H groups in total. The smallest absolute Gasteiger partial charge is 0.339 e. The van der Waals surface area contributed by atoms with Crippen LogP contribution in [-0.4, -0.2) is 17.6 Å². The van der Waals surface area contributed by atoms with E-state index < -0.39 is 5.97 Å². The summed E-state index contributed by atoms with van der Waals surface area (Å²) in [7, 11) is 2.94. The Morgan fingerprint density at radius 3 is 2.71 bits per heavy atom. The van der Waals surface area contributed by atoms with Gasteiger partial charge in [0.05, 0.1) is 12.7 Å². The van der Waals surface area contributed by atoms with Gasteiger partial charge in [-0.3, -0.25) is 4.79 Å². The number of pyridine rings is 1. The number of rotatable bonds is 2. The van der Waals surface area contributed by atoms with Crippen LogP contribution < -0.4 is 5.56 Å². The van der Waals surface area contributed by atoms with Crippen molar-refractivity contribution < 1.29 is 9.53 Å². The number of aromatic nitrogens is 1. The Morgan fingerprint density at radius 1 is 1.57 bits per heavy atom. The fraction of sp³-hybridized carbons (Fsp3) is 0.400. The SMILES string of the molecule is CCc1cc(C(=O)OC)cn(C)c1=O. The Labute approximate surface area is 82.1 Å². The molecule has 4 heteroatoms. The lowest BCUT2D eigenvalue weighted by atomic mass is 10.1. The summed E-state index contributed by atoms with van der Waals surface area (Å²) < 4.78 is 5.97. The van der Waals surface area contributed by atoms with Crippen LogP contribution in [0.4, 0.5) is 0 Å². The van der Waals surface area contributed by atoms with Gasteiger partial charge in [0.15, 0.2) is 0 Å². The molecule has 0 aliphatic rings. The summed E-state index contributed by atoms with van der Waals surface area (Å²) >= 11 is 0. The third-order valence-electron chi connectivity index (χ3n) is 2.06. The standard InChI is InChI=1S/C10H13NO3/c1-4-7-5-8(10(13)14-3)6-11(2)9(7)12/h5-6H,4H2,1-3H3. The van der Waals surface area contributed by atoms with Gasteiger partial charge in [0.1, 0.15) is 0 Å². The van der Waals surface area contributed by atoms with Gasteiger partial charge in [-0.15, -0.1) is 0 Å². The molecule has 76 valence electrons. The van der Waals surface area contributed by atoms with Crippen LogP contribution in [0.1, 0.15) is 22.8 Å². The van der Waals surface area contributed by atoms with E-state index in [0.717, 1.165) is 0 Å². The molecule has 0 spiro atoms. The third kappa shape index (κ3) is 1.84. The van der Waals surface area contributed by atoms with Crippen LogP contribution in [0.3, 0.4) is 0 Å². The molecule has 0 atom stereocenters. The molecule has 0 saturated heterocycles. The monoisotopic (exact) mass is 195 g/mol. The Balaban J connectivity index is 3.30. The topological polar surface area (TPSA) is 48.3 Å². The zero-order valence-electron chi connectivity index (χ0n) is 8.53. The van der Waals surface area contributed by atoms with Crippen molar-refractivity contribution in [3.63, 3.8) is 0 Å². The highest BCUT2D eigenvalue weighted by molar-refractivity contribution is 5.89. The largest absolute Gasteiger partial charge is 0.465 e. The molecule has 0 aliphatic heterocycles. The van der Waals surface area contributed by atoms with Crippen molar-refractivity contribution in [2.24, 2.45) is 7.05 Å². The molecule has 1 rings (SSSR count). The Morgan fingerprint density at radius 2 is 2.21 bits per heavy atom. The van der Waals surface area contributed by atoms with E-state index in [4.69, 9.17) is 0 Å². The summed E-state index contributed by atoms with van der Waals surface area (Å²) in [6.45, 7) is 1.87. The fourth-order valence-electron chi connectivity index (χ4n) is 1.26. The first-order valence-corrected chi connectivity index (χ1v) is 4.38. The maximum atomic E-state index is 11.5. The number of carbonyl (C=O) groups excluding carboxylic acids is 1. The molecule has 4 nitrogen and oxygen atoms in total. The molecule has 0 saturated carbocycles. The van der Waals surface area contributed by atoms with E-state index in [9.17, 15) is 9.59 Å². The number of hydrogen-bond acceptors (Lipinski definition) is 3. The van der Waals surface area contributed by atoms with Crippen LogP contribution in [0.5, 0.6) is 0 Å². The van der Waals surface area contributed by atoms with Gasteiger partial charge < -0.3 is 9.30 Å². The number of esters is 1. The summed E-state index contributed by atoms with van der Waals surface area (Å²) in [6.07, 6.45) is 2.09. The lowest BCUT2D eigenvalue weighted by Gasteiger charge is -2.05. The number of hydrogen-bond donors (Lipinski definition) is 0. The van der Waals surface area contributed by atoms with Crippen LogP contribution in [-0.2, 0) is 18.2 Å². The second-order valence-electron chi connectivity index (χ2n) is 3.02. The second-order valence-corrected chi connectivity index (χ2v) is 3.02. The zero-order valence-corrected chi connectivity index (χ0v) is 8.53. The van der Waals surface area contributed by atoms with Gasteiger partial charge in [-0.25, -0.2) is 4.79 Å². The average molecular weight is 195 g/mol. The predicted molar refractivity (Wildman–Crippen MR) is 52.4 cm³/mol. The maximum absolute atomic E-state index is 11.5. The second kappa shape index (κ2) is 4.09. The molecular formula is C10H13NO3. The minimum Gasteiger partial charge on any atom is -0.465 e. The molecule has 0 aliphatic carbocycles. The highest BCUT2D eigenvalue weighted by atomic mass is 16.5. The minimum absolute atomic E-state index is 0.0693. The molecule has 1 aromatic rings. The predicted octanol–water partition coefficient (Wildman–Crippen LogP) is 0.734. The lowest BCUT2D eigenvalue weighted by molar-refractivity contribution is 0.0599. The first-order valence-electron chi connectivity index (χ1n) is 4.38. The first-order chi connectivity index (χ1) is 6.60. The highest BCUT2D eigenvalue weighted by Gasteiger charge is 2.09. The number of aryl methyl sites for hydroxylation is 2. The normalized spacial score (nSPS) is 9.93. The summed E-state index contributed by atoms with van der Waals surface area (Å²) in [6, 6.07) is 1.58. The Hall–Kier alpha value is -1.58. The van der Waals surface area contributed by atoms with Crippen LogP contribution in [0.2, 0.25) is 0 Å². The van der Waals surface area contributed by atoms with Crippen molar-refractivity contribution >= 4 is 5.97 Å². The Kier molecular flexibility index (Phi) is 3.06. The summed E-state index contributed by atoms with van der Waals surface area (Å²) in [4.78, 5) is 22.7. The van der Waals surface area contributed by atoms with Crippen LogP contribution >= 0.6 is 0 Å². The summed E-state index contributed by atoms with van der Waals surface area (Å²) in [5.74, 6) is -0.421. The van der Waals surface area contributed by atoms with Crippen molar-refractivity contribution in [2.75, 3.05) is 7.11 Å². The van der Waals surface area contributed by atoms with Crippen molar-refractivity contribution in [3.8, 4) is 0 Å². The van der Waals surface area contributed by atoms with Gasteiger partial charge in [-0.1, -0.05) is 6.92 Å². The molecule has 0 amide bonds. The van der Waals surface area contributed by atoms with Crippen molar-refractivity contribution in [3.05, 3.63) is 33.7 Å². The molecule has 0 radical (unpaired) electrons. The lowest BCUT2D eigenvalue weighted by Crippen LogP contribution is -2.22. The first kappa shape index (κ1) is 10.5. The quantitative estimate of drug-likeness (QED) is 0.654. The van der Waals surface area contributed by atoms with E-state index in [1.54, 1.807) is 13.1 Å². The van der Waals surface area contributed by atoms with Gasteiger partial charge in [-0.2, -0.15) is 0 Å². The molecule has 14 heavy (non-hydrogen) atoms. The van der Waals surface area contributed by atoms with E-state index >= 15 is 0 Å². The molecule has 0 aromatic carbocycles. The van der Waals surface area contributed by atoms with E-state index in [1.165, 1.54) is 17.9 Å². The molecule has 0 bridgehead atoms. The van der Waals surface area contributed by atoms with E-state index in [1.807, 2.05) is 6.92 Å². The highest BCUT2D eigenvalue weighted by Crippen LogP contribution is 2.02. The van der Waals surface area contributed by atoms with Crippen LogP contribution in [0.25, 0.3) is 0 Å². The summed E-state index contributed by atoms with van der Waals surface area (Å²) in [5, 5.41) is 0. The third-order valence-corrected chi connectivity index (χ3v) is 2.06. The molecule has 0 unspecified atom stereocenters. The van der Waals surface area contributed by atoms with Crippen molar-refractivity contribution in [1.82, 2.24) is 4.57 Å². The zero-order chi connectivity index (χ0) is 10.7. The van der Waals surface area contributed by atoms with Crippen molar-refractivity contribution in [1.29, 1.82) is 0 Å². The van der Waals surface area contributed by atoms with Gasteiger partial charge in [-0.05, 0) is 12.5 Å². The minimum atomic E-state index is -0.421. The molecule has 1 heterocycles. The Bertz CT molecular complexity index is 406. The van der Waals surface area contributed by atoms with Gasteiger partial charge >= 0.3 is 5.97 Å². The van der Waals surface area contributed by atoms with Gasteiger partial charge in [0.25, 0.3) is 5.56 Å². The van der Waals surface area contributed by atoms with Gasteiger partial charge in [0.2, 0.25) is 0 Å². The van der Waals surface area contributed by atoms with E-state index in [-0.39, 0.29) is 5.56 Å². The fourth-order valence-corrected chi connectivity index (χ4v) is 1.26. The van der Waals surface area contributed by atoms with E-state index in [0.29, 0.717) is 17.5 Å². The number of carbonyl (C=O) groups is 1. The summed E-state index contributed by atoms with van der Waals surface area (Å²) in [5.41, 5.74) is 0.960. The van der Waals surface area contributed by atoms with Gasteiger partial charge in [0, 0.05) is 18.8 Å². The maximum Gasteiger partial charge on any atom is 0.339 e. The molecule has 1 aromatic heterocycles. The molecule has 0 fully saturated rings. The number of methoxy groups -OCH3 is 1. The van der Waals surface area contributed by atoms with Crippen molar-refractivity contribution in [2.45, 2.75) is 13.3 Å². The molecular weight excluding hydrogens is 182 g/mol. The van der Waals surface area contributed by atoms with Crippen LogP contribution in [0.15, 0.2) is 17.1 Å². The number of nitrogens with zero attached hydrogens (tertiary/aromatic N) is 1.